The number of para-hydroxylation sites is 1. The number of rotatable bonds is 3. The molecule has 114 valence electrons. The number of hydrogen-bond acceptors (Lipinski definition) is 1. The molecule has 2 amide bonds. The van der Waals surface area contributed by atoms with Gasteiger partial charge in [-0.2, -0.15) is 0 Å². The lowest BCUT2D eigenvalue weighted by atomic mass is 9.86. The van der Waals surface area contributed by atoms with Crippen LogP contribution in [-0.4, -0.2) is 6.03 Å². The van der Waals surface area contributed by atoms with Gasteiger partial charge in [-0.25, -0.2) is 4.79 Å². The smallest absolute Gasteiger partial charge is 0.315 e. The van der Waals surface area contributed by atoms with Crippen LogP contribution in [0.2, 0.25) is 0 Å². The van der Waals surface area contributed by atoms with Crippen LogP contribution >= 0.6 is 0 Å². The second-order valence-electron chi connectivity index (χ2n) is 6.80. The Morgan fingerprint density at radius 3 is 2.52 bits per heavy atom. The van der Waals surface area contributed by atoms with Gasteiger partial charge >= 0.3 is 6.03 Å². The van der Waals surface area contributed by atoms with Crippen molar-refractivity contribution in [3.05, 3.63) is 42.1 Å². The van der Waals surface area contributed by atoms with Gasteiger partial charge in [-0.15, -0.1) is 0 Å². The number of amides is 2. The number of anilines is 1. The minimum atomic E-state index is -0.180. The van der Waals surface area contributed by atoms with Crippen LogP contribution in [0.5, 0.6) is 0 Å². The molecule has 1 aromatic carbocycles. The van der Waals surface area contributed by atoms with Gasteiger partial charge in [0.05, 0.1) is 0 Å². The van der Waals surface area contributed by atoms with E-state index in [0.717, 1.165) is 11.3 Å². The fourth-order valence-electron chi connectivity index (χ4n) is 2.81. The van der Waals surface area contributed by atoms with Crippen LogP contribution in [0.1, 0.15) is 52.0 Å². The first-order valence-electron chi connectivity index (χ1n) is 7.80. The normalized spacial score (nSPS) is 16.3. The Morgan fingerprint density at radius 2 is 1.86 bits per heavy atom. The monoisotopic (exact) mass is 286 g/mol. The van der Waals surface area contributed by atoms with Crippen LogP contribution in [0.25, 0.3) is 0 Å². The SMILES string of the molecule is CC(C)(C)c1ccccc1NC(=O)N/C=C/C1CCCC1. The van der Waals surface area contributed by atoms with Gasteiger partial charge in [-0.05, 0) is 35.8 Å². The zero-order chi connectivity index (χ0) is 15.3. The zero-order valence-electron chi connectivity index (χ0n) is 13.3. The minimum absolute atomic E-state index is 0.00353. The third kappa shape index (κ3) is 4.62. The summed E-state index contributed by atoms with van der Waals surface area (Å²) in [5.74, 6) is 0.632. The summed E-state index contributed by atoms with van der Waals surface area (Å²) in [6.07, 6.45) is 8.99. The molecule has 21 heavy (non-hydrogen) atoms. The molecule has 2 N–H and O–H groups in total. The maximum atomic E-state index is 12.0. The summed E-state index contributed by atoms with van der Waals surface area (Å²) in [5.41, 5.74) is 2.01. The molecule has 2 rings (SSSR count). The van der Waals surface area contributed by atoms with Crippen molar-refractivity contribution in [1.82, 2.24) is 5.32 Å². The minimum Gasteiger partial charge on any atom is -0.315 e. The summed E-state index contributed by atoms with van der Waals surface area (Å²) >= 11 is 0. The molecule has 3 heteroatoms. The highest BCUT2D eigenvalue weighted by atomic mass is 16.2. The van der Waals surface area contributed by atoms with Crippen molar-refractivity contribution in [1.29, 1.82) is 0 Å². The lowest BCUT2D eigenvalue weighted by molar-refractivity contribution is 0.255. The van der Waals surface area contributed by atoms with E-state index < -0.39 is 0 Å². The van der Waals surface area contributed by atoms with Crippen molar-refractivity contribution in [3.8, 4) is 0 Å². The van der Waals surface area contributed by atoms with Crippen molar-refractivity contribution in [2.24, 2.45) is 5.92 Å². The standard InChI is InChI=1S/C18H26N2O/c1-18(2,3)15-10-6-7-11-16(15)20-17(21)19-13-12-14-8-4-5-9-14/h6-7,10-14H,4-5,8-9H2,1-3H3,(H2,19,20,21)/b13-12+. The molecule has 3 nitrogen and oxygen atoms in total. The maximum absolute atomic E-state index is 12.0. The first kappa shape index (κ1) is 15.6. The van der Waals surface area contributed by atoms with Crippen LogP contribution in [0.4, 0.5) is 10.5 Å². The number of nitrogens with one attached hydrogen (secondary N) is 2. The van der Waals surface area contributed by atoms with Crippen LogP contribution in [0, 0.1) is 5.92 Å². The molecule has 0 aromatic heterocycles. The first-order chi connectivity index (χ1) is 9.97. The molecule has 1 aliphatic carbocycles. The lowest BCUT2D eigenvalue weighted by Crippen LogP contribution is -2.26. The van der Waals surface area contributed by atoms with Gasteiger partial charge in [0, 0.05) is 11.9 Å². The molecule has 0 heterocycles. The molecule has 0 saturated heterocycles. The third-order valence-corrected chi connectivity index (χ3v) is 3.97. The number of urea groups is 1. The predicted molar refractivity (Wildman–Crippen MR) is 88.4 cm³/mol. The predicted octanol–water partition coefficient (Wildman–Crippen LogP) is 4.81. The Labute approximate surface area is 127 Å². The van der Waals surface area contributed by atoms with Crippen molar-refractivity contribution in [2.45, 2.75) is 51.9 Å². The summed E-state index contributed by atoms with van der Waals surface area (Å²) in [7, 11) is 0. The van der Waals surface area contributed by atoms with Crippen molar-refractivity contribution in [3.63, 3.8) is 0 Å². The number of hydrogen-bond donors (Lipinski definition) is 2. The van der Waals surface area contributed by atoms with Gasteiger partial charge in [0.25, 0.3) is 0 Å². The quantitative estimate of drug-likeness (QED) is 0.822. The third-order valence-electron chi connectivity index (χ3n) is 3.97. The summed E-state index contributed by atoms with van der Waals surface area (Å²) in [5, 5.41) is 5.75. The maximum Gasteiger partial charge on any atom is 0.323 e. The molecule has 0 atom stereocenters. The van der Waals surface area contributed by atoms with Gasteiger partial charge in [-0.3, -0.25) is 0 Å². The Hall–Kier alpha value is -1.77. The van der Waals surface area contributed by atoms with E-state index in [1.807, 2.05) is 18.2 Å². The van der Waals surface area contributed by atoms with E-state index in [1.54, 1.807) is 6.20 Å². The highest BCUT2D eigenvalue weighted by Gasteiger charge is 2.18. The summed E-state index contributed by atoms with van der Waals surface area (Å²) in [6.45, 7) is 6.43. The molecule has 0 spiro atoms. The summed E-state index contributed by atoms with van der Waals surface area (Å²) in [6, 6.07) is 7.77. The summed E-state index contributed by atoms with van der Waals surface area (Å²) < 4.78 is 0. The van der Waals surface area contributed by atoms with Gasteiger partial charge in [0.2, 0.25) is 0 Å². The average Bonchev–Trinajstić information content (AvgIpc) is 2.91. The van der Waals surface area contributed by atoms with Crippen LogP contribution < -0.4 is 10.6 Å². The molecule has 0 bridgehead atoms. The van der Waals surface area contributed by atoms with Crippen LogP contribution in [0.15, 0.2) is 36.5 Å². The van der Waals surface area contributed by atoms with Crippen molar-refractivity contribution in [2.75, 3.05) is 5.32 Å². The number of carbonyl (C=O) groups is 1. The van der Waals surface area contributed by atoms with E-state index in [2.05, 4.69) is 43.5 Å². The Bertz CT molecular complexity index is 508. The fraction of sp³-hybridized carbons (Fsp3) is 0.500. The van der Waals surface area contributed by atoms with Gasteiger partial charge < -0.3 is 10.6 Å². The number of carbonyl (C=O) groups excluding carboxylic acids is 1. The largest absolute Gasteiger partial charge is 0.323 e. The number of benzene rings is 1. The second-order valence-corrected chi connectivity index (χ2v) is 6.80. The van der Waals surface area contributed by atoms with E-state index in [9.17, 15) is 4.79 Å². The molecule has 1 aromatic rings. The first-order valence-corrected chi connectivity index (χ1v) is 7.80. The van der Waals surface area contributed by atoms with Crippen LogP contribution in [-0.2, 0) is 5.41 Å². The Balaban J connectivity index is 1.93. The van der Waals surface area contributed by atoms with E-state index in [-0.39, 0.29) is 11.4 Å². The fourth-order valence-corrected chi connectivity index (χ4v) is 2.81. The molecule has 0 radical (unpaired) electrons. The Kier molecular flexibility index (Phi) is 5.05. The summed E-state index contributed by atoms with van der Waals surface area (Å²) in [4.78, 5) is 12.0. The molecule has 0 aliphatic heterocycles. The topological polar surface area (TPSA) is 41.1 Å². The highest BCUT2D eigenvalue weighted by molar-refractivity contribution is 5.90. The molecule has 1 aliphatic rings. The molecule has 1 saturated carbocycles. The van der Waals surface area contributed by atoms with Gasteiger partial charge in [0.15, 0.2) is 0 Å². The highest BCUT2D eigenvalue weighted by Crippen LogP contribution is 2.29. The second kappa shape index (κ2) is 6.79. The van der Waals surface area contributed by atoms with E-state index in [1.165, 1.54) is 25.7 Å². The Morgan fingerprint density at radius 1 is 1.19 bits per heavy atom. The lowest BCUT2D eigenvalue weighted by Gasteiger charge is -2.22. The van der Waals surface area contributed by atoms with Gasteiger partial charge in [-0.1, -0.05) is 57.9 Å². The van der Waals surface area contributed by atoms with Crippen LogP contribution in [0.3, 0.4) is 0 Å². The molecular weight excluding hydrogens is 260 g/mol. The zero-order valence-corrected chi connectivity index (χ0v) is 13.3. The van der Waals surface area contributed by atoms with E-state index in [4.69, 9.17) is 0 Å². The van der Waals surface area contributed by atoms with Gasteiger partial charge in [0.1, 0.15) is 0 Å². The van der Waals surface area contributed by atoms with E-state index in [0.29, 0.717) is 5.92 Å². The molecule has 1 fully saturated rings. The molecular formula is C18H26N2O. The van der Waals surface area contributed by atoms with E-state index >= 15 is 0 Å². The number of allylic oxidation sites excluding steroid dienone is 1. The van der Waals surface area contributed by atoms with Crippen molar-refractivity contribution < 1.29 is 4.79 Å². The van der Waals surface area contributed by atoms with Crippen molar-refractivity contribution >= 4 is 11.7 Å². The molecule has 0 unspecified atom stereocenters. The average molecular weight is 286 g/mol.